The van der Waals surface area contributed by atoms with Crippen molar-refractivity contribution in [2.45, 2.75) is 38.9 Å². The summed E-state index contributed by atoms with van der Waals surface area (Å²) in [7, 11) is 1.93. The van der Waals surface area contributed by atoms with Crippen molar-refractivity contribution < 1.29 is 14.7 Å². The average molecular weight is 226 g/mol. The van der Waals surface area contributed by atoms with Crippen molar-refractivity contribution in [3.8, 4) is 0 Å². The predicted octanol–water partition coefficient (Wildman–Crippen LogP) is 0.574. The quantitative estimate of drug-likeness (QED) is 0.532. The van der Waals surface area contributed by atoms with E-state index in [4.69, 9.17) is 5.11 Å². The van der Waals surface area contributed by atoms with Gasteiger partial charge in [0.05, 0.1) is 11.2 Å². The first-order valence-corrected chi connectivity index (χ1v) is 5.10. The van der Waals surface area contributed by atoms with E-state index in [-0.39, 0.29) is 11.2 Å². The molecule has 0 aromatic carbocycles. The molecule has 0 amide bonds. The number of likely N-dealkylation sites (N-methyl/N-ethyl adjacent to an activating group) is 1. The third kappa shape index (κ3) is 1.95. The first kappa shape index (κ1) is 12.7. The molecule has 1 fully saturated rings. The van der Waals surface area contributed by atoms with E-state index in [1.807, 2.05) is 34.7 Å². The summed E-state index contributed by atoms with van der Waals surface area (Å²) in [6, 6.07) is 0. The minimum absolute atomic E-state index is 0.298. The molecule has 1 heterocycles. The first-order valence-electron chi connectivity index (χ1n) is 5.10. The highest BCUT2D eigenvalue weighted by atomic mass is 16.4. The van der Waals surface area contributed by atoms with Crippen molar-refractivity contribution in [3.05, 3.63) is 11.8 Å². The smallest absolute Gasteiger partial charge is 0.376 e. The molecule has 0 aromatic rings. The number of carbonyl (C=O) groups excluding carboxylic acids is 1. The van der Waals surface area contributed by atoms with Crippen LogP contribution in [0.5, 0.6) is 0 Å². The molecule has 1 aliphatic rings. The molecule has 0 saturated carbocycles. The van der Waals surface area contributed by atoms with Gasteiger partial charge in [0.2, 0.25) is 0 Å². The molecule has 2 N–H and O–H groups in total. The largest absolute Gasteiger partial charge is 0.475 e. The van der Waals surface area contributed by atoms with Gasteiger partial charge in [0, 0.05) is 11.8 Å². The van der Waals surface area contributed by atoms with E-state index in [0.29, 0.717) is 5.70 Å². The molecule has 1 saturated heterocycles. The Labute approximate surface area is 95.1 Å². The van der Waals surface area contributed by atoms with Crippen molar-refractivity contribution in [1.29, 1.82) is 0 Å². The zero-order valence-corrected chi connectivity index (χ0v) is 10.3. The monoisotopic (exact) mass is 226 g/mol. The van der Waals surface area contributed by atoms with E-state index < -0.39 is 11.8 Å². The molecule has 1 aliphatic heterocycles. The molecule has 0 spiro atoms. The SMILES string of the molecule is CN1C(C)(C)N/C(=C\C(=O)C(=O)O)C1(C)C. The zero-order valence-electron chi connectivity index (χ0n) is 10.3. The maximum Gasteiger partial charge on any atom is 0.376 e. The van der Waals surface area contributed by atoms with Crippen LogP contribution in [0.2, 0.25) is 0 Å². The molecule has 5 nitrogen and oxygen atoms in total. The van der Waals surface area contributed by atoms with Gasteiger partial charge in [-0.15, -0.1) is 0 Å². The molecule has 0 aromatic heterocycles. The van der Waals surface area contributed by atoms with E-state index in [1.54, 1.807) is 0 Å². The number of carboxylic acids is 1. The standard InChI is InChI=1S/C11H18N2O3/c1-10(2)8(6-7(14)9(15)16)12-11(3,4)13(10)5/h6,12H,1-5H3,(H,15,16)/b8-6-. The zero-order chi connectivity index (χ0) is 12.7. The van der Waals surface area contributed by atoms with Crippen molar-refractivity contribution in [1.82, 2.24) is 10.2 Å². The number of hydrogen-bond acceptors (Lipinski definition) is 4. The van der Waals surface area contributed by atoms with Gasteiger partial charge in [-0.25, -0.2) is 4.79 Å². The predicted molar refractivity (Wildman–Crippen MR) is 59.8 cm³/mol. The molecular weight excluding hydrogens is 208 g/mol. The molecule has 0 radical (unpaired) electrons. The average Bonchev–Trinajstić information content (AvgIpc) is 2.27. The van der Waals surface area contributed by atoms with Crippen LogP contribution in [0.3, 0.4) is 0 Å². The van der Waals surface area contributed by atoms with E-state index in [2.05, 4.69) is 10.2 Å². The van der Waals surface area contributed by atoms with E-state index in [1.165, 1.54) is 0 Å². The summed E-state index contributed by atoms with van der Waals surface area (Å²) in [4.78, 5) is 23.7. The Bertz CT molecular complexity index is 369. The van der Waals surface area contributed by atoms with Crippen LogP contribution in [0.25, 0.3) is 0 Å². The molecular formula is C11H18N2O3. The summed E-state index contributed by atoms with van der Waals surface area (Å²) in [6.45, 7) is 7.83. The minimum atomic E-state index is -1.43. The Kier molecular flexibility index (Phi) is 2.85. The fourth-order valence-corrected chi connectivity index (χ4v) is 1.85. The first-order chi connectivity index (χ1) is 7.09. The number of carboxylic acid groups (broad SMARTS) is 1. The van der Waals surface area contributed by atoms with E-state index in [0.717, 1.165) is 6.08 Å². The Morgan fingerprint density at radius 3 is 2.12 bits per heavy atom. The molecule has 0 aliphatic carbocycles. The number of nitrogens with zero attached hydrogens (tertiary/aromatic N) is 1. The normalized spacial score (nSPS) is 25.4. The Morgan fingerprint density at radius 1 is 1.31 bits per heavy atom. The maximum atomic E-state index is 11.2. The Morgan fingerprint density at radius 2 is 1.81 bits per heavy atom. The lowest BCUT2D eigenvalue weighted by Gasteiger charge is -2.34. The summed E-state index contributed by atoms with van der Waals surface area (Å²) < 4.78 is 0. The second-order valence-electron chi connectivity index (χ2n) is 5.03. The van der Waals surface area contributed by atoms with Crippen LogP contribution in [0.1, 0.15) is 27.7 Å². The third-order valence-corrected chi connectivity index (χ3v) is 3.26. The number of rotatable bonds is 2. The number of ketones is 1. The lowest BCUT2D eigenvalue weighted by atomic mass is 9.99. The van der Waals surface area contributed by atoms with Gasteiger partial charge in [0.15, 0.2) is 0 Å². The summed E-state index contributed by atoms with van der Waals surface area (Å²) >= 11 is 0. The van der Waals surface area contributed by atoms with Crippen molar-refractivity contribution in [2.75, 3.05) is 7.05 Å². The van der Waals surface area contributed by atoms with Crippen LogP contribution < -0.4 is 5.32 Å². The number of nitrogens with one attached hydrogen (secondary N) is 1. The van der Waals surface area contributed by atoms with Crippen LogP contribution in [0.4, 0.5) is 0 Å². The Hall–Kier alpha value is -1.36. The van der Waals surface area contributed by atoms with Crippen LogP contribution in [0.15, 0.2) is 11.8 Å². The van der Waals surface area contributed by atoms with Crippen LogP contribution >= 0.6 is 0 Å². The van der Waals surface area contributed by atoms with Crippen LogP contribution in [0, 0.1) is 0 Å². The van der Waals surface area contributed by atoms with Crippen molar-refractivity contribution in [3.63, 3.8) is 0 Å². The van der Waals surface area contributed by atoms with Gasteiger partial charge in [0.1, 0.15) is 0 Å². The van der Waals surface area contributed by atoms with Gasteiger partial charge in [-0.1, -0.05) is 0 Å². The van der Waals surface area contributed by atoms with Gasteiger partial charge in [-0.2, -0.15) is 0 Å². The topological polar surface area (TPSA) is 69.6 Å². The highest BCUT2D eigenvalue weighted by molar-refractivity contribution is 6.37. The summed E-state index contributed by atoms with van der Waals surface area (Å²) in [5.74, 6) is -2.33. The van der Waals surface area contributed by atoms with Crippen LogP contribution in [-0.2, 0) is 9.59 Å². The van der Waals surface area contributed by atoms with E-state index in [9.17, 15) is 9.59 Å². The number of aliphatic carboxylic acids is 1. The fraction of sp³-hybridized carbons (Fsp3) is 0.636. The van der Waals surface area contributed by atoms with Gasteiger partial charge >= 0.3 is 5.97 Å². The van der Waals surface area contributed by atoms with Gasteiger partial charge in [-0.05, 0) is 34.7 Å². The third-order valence-electron chi connectivity index (χ3n) is 3.26. The number of carbonyl (C=O) groups is 2. The van der Waals surface area contributed by atoms with Gasteiger partial charge in [-0.3, -0.25) is 9.69 Å². The molecule has 90 valence electrons. The highest BCUT2D eigenvalue weighted by Crippen LogP contribution is 2.34. The minimum Gasteiger partial charge on any atom is -0.475 e. The highest BCUT2D eigenvalue weighted by Gasteiger charge is 2.45. The lowest BCUT2D eigenvalue weighted by Crippen LogP contribution is -2.48. The summed E-state index contributed by atoms with van der Waals surface area (Å²) in [5, 5.41) is 11.7. The second-order valence-corrected chi connectivity index (χ2v) is 5.03. The fourth-order valence-electron chi connectivity index (χ4n) is 1.85. The lowest BCUT2D eigenvalue weighted by molar-refractivity contribution is -0.146. The van der Waals surface area contributed by atoms with Crippen molar-refractivity contribution >= 4 is 11.8 Å². The molecule has 0 unspecified atom stereocenters. The molecule has 1 rings (SSSR count). The molecule has 16 heavy (non-hydrogen) atoms. The number of hydrogen-bond donors (Lipinski definition) is 2. The maximum absolute atomic E-state index is 11.2. The van der Waals surface area contributed by atoms with E-state index >= 15 is 0 Å². The van der Waals surface area contributed by atoms with Gasteiger partial charge < -0.3 is 10.4 Å². The van der Waals surface area contributed by atoms with Gasteiger partial charge in [0.25, 0.3) is 5.78 Å². The molecule has 5 heteroatoms. The van der Waals surface area contributed by atoms with Crippen LogP contribution in [-0.4, -0.2) is 40.0 Å². The summed E-state index contributed by atoms with van der Waals surface area (Å²) in [5.41, 5.74) is -0.0460. The summed E-state index contributed by atoms with van der Waals surface area (Å²) in [6.07, 6.45) is 1.16. The molecule has 0 bridgehead atoms. The van der Waals surface area contributed by atoms with Crippen molar-refractivity contribution in [2.24, 2.45) is 0 Å². The molecule has 0 atom stereocenters. The Balaban J connectivity index is 3.09. The second kappa shape index (κ2) is 3.59.